The largest absolute Gasteiger partial charge is 0.463 e. The summed E-state index contributed by atoms with van der Waals surface area (Å²) < 4.78 is 5.15. The summed E-state index contributed by atoms with van der Waals surface area (Å²) in [6.07, 6.45) is 1.79. The summed E-state index contributed by atoms with van der Waals surface area (Å²) in [7, 11) is 0. The van der Waals surface area contributed by atoms with Crippen molar-refractivity contribution in [3.63, 3.8) is 0 Å². The Balaban J connectivity index is 2.21. The Labute approximate surface area is 151 Å². The lowest BCUT2D eigenvalue weighted by Crippen LogP contribution is -2.10. The van der Waals surface area contributed by atoms with Crippen LogP contribution < -0.4 is 0 Å². The van der Waals surface area contributed by atoms with Crippen molar-refractivity contribution in [1.29, 1.82) is 0 Å². The lowest BCUT2D eigenvalue weighted by Gasteiger charge is -2.08. The molecule has 6 heteroatoms. The summed E-state index contributed by atoms with van der Waals surface area (Å²) in [5.74, 6) is 0.0863. The minimum absolute atomic E-state index is 0.330. The van der Waals surface area contributed by atoms with Gasteiger partial charge in [-0.25, -0.2) is 14.8 Å². The van der Waals surface area contributed by atoms with Gasteiger partial charge in [0.2, 0.25) is 0 Å². The number of rotatable bonds is 6. The van der Waals surface area contributed by atoms with Crippen LogP contribution in [0.4, 0.5) is 0 Å². The average molecular weight is 363 g/mol. The van der Waals surface area contributed by atoms with Crippen molar-refractivity contribution >= 4 is 35.4 Å². The first-order valence-electron chi connectivity index (χ1n) is 7.56. The second kappa shape index (κ2) is 8.85. The first kappa shape index (κ1) is 18.5. The van der Waals surface area contributed by atoms with Crippen LogP contribution in [0.5, 0.6) is 0 Å². The predicted octanol–water partition coefficient (Wildman–Crippen LogP) is 4.49. The van der Waals surface area contributed by atoms with Crippen LogP contribution >= 0.6 is 23.4 Å². The predicted molar refractivity (Wildman–Crippen MR) is 98.3 cm³/mol. The fraction of sp³-hybridized carbons (Fsp3) is 0.278. The minimum atomic E-state index is -0.339. The Bertz CT molecular complexity index is 742. The minimum Gasteiger partial charge on any atom is -0.463 e. The highest BCUT2D eigenvalue weighted by molar-refractivity contribution is 7.99. The van der Waals surface area contributed by atoms with Gasteiger partial charge < -0.3 is 4.74 Å². The maximum atomic E-state index is 12.2. The molecule has 2 rings (SSSR count). The zero-order chi connectivity index (χ0) is 17.5. The van der Waals surface area contributed by atoms with Crippen molar-refractivity contribution in [1.82, 2.24) is 9.97 Å². The Morgan fingerprint density at radius 1 is 1.25 bits per heavy atom. The highest BCUT2D eigenvalue weighted by atomic mass is 35.5. The first-order chi connectivity index (χ1) is 11.5. The fourth-order valence-electron chi connectivity index (χ4n) is 2.08. The zero-order valence-electron chi connectivity index (χ0n) is 13.9. The van der Waals surface area contributed by atoms with Crippen molar-refractivity contribution < 1.29 is 9.53 Å². The van der Waals surface area contributed by atoms with Crippen LogP contribution in [0.25, 0.3) is 6.08 Å². The molecule has 0 saturated carbocycles. The molecule has 0 aliphatic carbocycles. The number of carbonyl (C=O) groups is 1. The lowest BCUT2D eigenvalue weighted by molar-refractivity contribution is -0.138. The van der Waals surface area contributed by atoms with Gasteiger partial charge >= 0.3 is 5.97 Å². The molecule has 0 N–H and O–H groups in total. The normalized spacial score (nSPS) is 11.4. The maximum Gasteiger partial charge on any atom is 0.334 e. The van der Waals surface area contributed by atoms with E-state index < -0.39 is 0 Å². The van der Waals surface area contributed by atoms with E-state index in [9.17, 15) is 4.79 Å². The third kappa shape index (κ3) is 5.65. The van der Waals surface area contributed by atoms with Crippen LogP contribution in [0.2, 0.25) is 5.02 Å². The van der Waals surface area contributed by atoms with E-state index >= 15 is 0 Å². The van der Waals surface area contributed by atoms with E-state index in [4.69, 9.17) is 16.3 Å². The number of benzene rings is 1. The SMILES string of the molecule is CCOC(=O)/C(=C/c1cccc(Cl)c1)CSc1nc(C)cc(C)n1. The number of hydrogen-bond acceptors (Lipinski definition) is 5. The van der Waals surface area contributed by atoms with E-state index in [0.717, 1.165) is 17.0 Å². The van der Waals surface area contributed by atoms with E-state index in [2.05, 4.69) is 9.97 Å². The van der Waals surface area contributed by atoms with E-state index in [1.54, 1.807) is 25.1 Å². The van der Waals surface area contributed by atoms with Gasteiger partial charge in [0.05, 0.1) is 6.61 Å². The second-order valence-electron chi connectivity index (χ2n) is 5.17. The maximum absolute atomic E-state index is 12.2. The molecule has 0 aliphatic rings. The Hall–Kier alpha value is -1.85. The second-order valence-corrected chi connectivity index (χ2v) is 6.55. The molecule has 1 aromatic carbocycles. The monoisotopic (exact) mass is 362 g/mol. The number of thioether (sulfide) groups is 1. The molecular weight excluding hydrogens is 344 g/mol. The standard InChI is InChI=1S/C18H19ClN2O2S/c1-4-23-17(22)15(9-14-6-5-7-16(19)10-14)11-24-18-20-12(2)8-13(3)21-18/h5-10H,4,11H2,1-3H3/b15-9+. The summed E-state index contributed by atoms with van der Waals surface area (Å²) in [4.78, 5) is 21.0. The number of nitrogens with zero attached hydrogens (tertiary/aromatic N) is 2. The lowest BCUT2D eigenvalue weighted by atomic mass is 10.1. The Kier molecular flexibility index (Phi) is 6.82. The molecule has 0 radical (unpaired) electrons. The summed E-state index contributed by atoms with van der Waals surface area (Å²) >= 11 is 7.42. The molecule has 1 aromatic heterocycles. The number of hydrogen-bond donors (Lipinski definition) is 0. The number of halogens is 1. The van der Waals surface area contributed by atoms with Crippen molar-refractivity contribution in [2.75, 3.05) is 12.4 Å². The number of aromatic nitrogens is 2. The van der Waals surface area contributed by atoms with Crippen molar-refractivity contribution in [3.05, 3.63) is 57.9 Å². The summed E-state index contributed by atoms with van der Waals surface area (Å²) in [6, 6.07) is 9.25. The molecule has 24 heavy (non-hydrogen) atoms. The topological polar surface area (TPSA) is 52.1 Å². The van der Waals surface area contributed by atoms with Gasteiger partial charge in [0, 0.05) is 27.7 Å². The van der Waals surface area contributed by atoms with Crippen LogP contribution in [0.15, 0.2) is 41.1 Å². The molecule has 0 bridgehead atoms. The van der Waals surface area contributed by atoms with E-state index in [1.807, 2.05) is 32.0 Å². The van der Waals surface area contributed by atoms with Crippen LogP contribution in [0.3, 0.4) is 0 Å². The van der Waals surface area contributed by atoms with Gasteiger partial charge in [0.1, 0.15) is 0 Å². The van der Waals surface area contributed by atoms with E-state index in [0.29, 0.717) is 28.1 Å². The van der Waals surface area contributed by atoms with Gasteiger partial charge in [0.15, 0.2) is 5.16 Å². The van der Waals surface area contributed by atoms with Crippen LogP contribution in [0, 0.1) is 13.8 Å². The van der Waals surface area contributed by atoms with Gasteiger partial charge in [-0.05, 0) is 50.6 Å². The first-order valence-corrected chi connectivity index (χ1v) is 8.92. The van der Waals surface area contributed by atoms with Gasteiger partial charge in [0.25, 0.3) is 0 Å². The van der Waals surface area contributed by atoms with Crippen molar-refractivity contribution in [2.24, 2.45) is 0 Å². The third-order valence-corrected chi connectivity index (χ3v) is 4.18. The van der Waals surface area contributed by atoms with Crippen LogP contribution in [0.1, 0.15) is 23.9 Å². The van der Waals surface area contributed by atoms with Crippen molar-refractivity contribution in [2.45, 2.75) is 25.9 Å². The van der Waals surface area contributed by atoms with Crippen molar-refractivity contribution in [3.8, 4) is 0 Å². The van der Waals surface area contributed by atoms with Gasteiger partial charge in [-0.2, -0.15) is 0 Å². The smallest absolute Gasteiger partial charge is 0.334 e. The van der Waals surface area contributed by atoms with Gasteiger partial charge in [-0.3, -0.25) is 0 Å². The molecule has 0 unspecified atom stereocenters. The molecule has 0 fully saturated rings. The number of carbonyl (C=O) groups excluding carboxylic acids is 1. The Morgan fingerprint density at radius 2 is 1.96 bits per heavy atom. The molecular formula is C18H19ClN2O2S. The number of aryl methyl sites for hydroxylation is 2. The molecule has 0 spiro atoms. The Morgan fingerprint density at radius 3 is 2.58 bits per heavy atom. The molecule has 4 nitrogen and oxygen atoms in total. The molecule has 0 aliphatic heterocycles. The van der Waals surface area contributed by atoms with Crippen LogP contribution in [-0.4, -0.2) is 28.3 Å². The molecule has 2 aromatic rings. The van der Waals surface area contributed by atoms with Gasteiger partial charge in [-0.15, -0.1) is 0 Å². The highest BCUT2D eigenvalue weighted by Crippen LogP contribution is 2.21. The molecule has 0 saturated heterocycles. The zero-order valence-corrected chi connectivity index (χ0v) is 15.4. The number of esters is 1. The quantitative estimate of drug-likeness (QED) is 0.328. The molecule has 0 amide bonds. The molecule has 1 heterocycles. The average Bonchev–Trinajstić information content (AvgIpc) is 2.50. The van der Waals surface area contributed by atoms with Crippen LogP contribution in [-0.2, 0) is 9.53 Å². The highest BCUT2D eigenvalue weighted by Gasteiger charge is 2.13. The summed E-state index contributed by atoms with van der Waals surface area (Å²) in [5, 5.41) is 1.27. The molecule has 126 valence electrons. The number of ether oxygens (including phenoxy) is 1. The summed E-state index contributed by atoms with van der Waals surface area (Å²) in [5.41, 5.74) is 3.21. The third-order valence-electron chi connectivity index (χ3n) is 3.05. The summed E-state index contributed by atoms with van der Waals surface area (Å²) in [6.45, 7) is 5.96. The fourth-order valence-corrected chi connectivity index (χ4v) is 3.18. The molecule has 0 atom stereocenters. The van der Waals surface area contributed by atoms with E-state index in [1.165, 1.54) is 11.8 Å². The van der Waals surface area contributed by atoms with E-state index in [-0.39, 0.29) is 5.97 Å². The van der Waals surface area contributed by atoms with Gasteiger partial charge in [-0.1, -0.05) is 35.5 Å².